The Hall–Kier alpha value is -1.40. The van der Waals surface area contributed by atoms with Crippen LogP contribution in [0.15, 0.2) is 29.2 Å². The molecule has 1 rings (SSSR count). The quantitative estimate of drug-likeness (QED) is 0.837. The molecule has 0 aliphatic rings. The van der Waals surface area contributed by atoms with Gasteiger partial charge in [0.15, 0.2) is 0 Å². The van der Waals surface area contributed by atoms with Crippen LogP contribution < -0.4 is 5.32 Å². The molecule has 0 aliphatic carbocycles. The van der Waals surface area contributed by atoms with Gasteiger partial charge >= 0.3 is 0 Å². The molecule has 124 valence electrons. The standard InChI is InChI=1S/C16H26N2O3S/c1-6-14(7-2)17-16(19)13-9-8-10-15(11-13)22(20,21)18(5)12(3)4/h8-12,14H,6-7H2,1-5H3,(H,17,19). The van der Waals surface area contributed by atoms with E-state index in [1.165, 1.54) is 23.5 Å². The summed E-state index contributed by atoms with van der Waals surface area (Å²) in [5.74, 6) is -0.238. The number of carbonyl (C=O) groups is 1. The molecule has 0 fully saturated rings. The SMILES string of the molecule is CCC(CC)NC(=O)c1cccc(S(=O)(=O)N(C)C(C)C)c1. The van der Waals surface area contributed by atoms with Gasteiger partial charge in [-0.15, -0.1) is 0 Å². The van der Waals surface area contributed by atoms with Gasteiger partial charge in [-0.25, -0.2) is 8.42 Å². The lowest BCUT2D eigenvalue weighted by Gasteiger charge is -2.21. The third kappa shape index (κ3) is 4.30. The minimum absolute atomic E-state index is 0.103. The summed E-state index contributed by atoms with van der Waals surface area (Å²) in [7, 11) is -2.04. The molecule has 1 aromatic rings. The normalized spacial score (nSPS) is 12.2. The number of rotatable bonds is 7. The number of nitrogens with zero attached hydrogens (tertiary/aromatic N) is 1. The van der Waals surface area contributed by atoms with E-state index in [1.807, 2.05) is 13.8 Å². The van der Waals surface area contributed by atoms with Crippen LogP contribution in [0, 0.1) is 0 Å². The predicted molar refractivity (Wildman–Crippen MR) is 88.4 cm³/mol. The summed E-state index contributed by atoms with van der Waals surface area (Å²) in [6, 6.07) is 6.14. The highest BCUT2D eigenvalue weighted by molar-refractivity contribution is 7.89. The van der Waals surface area contributed by atoms with Crippen LogP contribution in [0.5, 0.6) is 0 Å². The molecule has 1 aromatic carbocycles. The summed E-state index contributed by atoms with van der Waals surface area (Å²) < 4.78 is 26.3. The topological polar surface area (TPSA) is 66.5 Å². The molecule has 1 N–H and O–H groups in total. The second kappa shape index (κ2) is 7.74. The first kappa shape index (κ1) is 18.6. The minimum Gasteiger partial charge on any atom is -0.349 e. The van der Waals surface area contributed by atoms with Gasteiger partial charge in [0.1, 0.15) is 0 Å². The van der Waals surface area contributed by atoms with E-state index in [4.69, 9.17) is 0 Å². The lowest BCUT2D eigenvalue weighted by atomic mass is 10.1. The molecule has 1 amide bonds. The van der Waals surface area contributed by atoms with Crippen LogP contribution in [-0.2, 0) is 10.0 Å². The fraction of sp³-hybridized carbons (Fsp3) is 0.562. The Kier molecular flexibility index (Phi) is 6.56. The lowest BCUT2D eigenvalue weighted by Crippen LogP contribution is -2.35. The zero-order valence-corrected chi connectivity index (χ0v) is 14.8. The fourth-order valence-electron chi connectivity index (χ4n) is 2.00. The van der Waals surface area contributed by atoms with Gasteiger partial charge in [-0.05, 0) is 44.9 Å². The maximum Gasteiger partial charge on any atom is 0.251 e. The highest BCUT2D eigenvalue weighted by Gasteiger charge is 2.24. The van der Waals surface area contributed by atoms with E-state index in [-0.39, 0.29) is 22.9 Å². The molecular weight excluding hydrogens is 300 g/mol. The van der Waals surface area contributed by atoms with Gasteiger partial charge in [0.25, 0.3) is 5.91 Å². The Morgan fingerprint density at radius 1 is 1.23 bits per heavy atom. The molecule has 6 heteroatoms. The molecule has 0 saturated heterocycles. The summed E-state index contributed by atoms with van der Waals surface area (Å²) in [6.07, 6.45) is 1.69. The van der Waals surface area contributed by atoms with Crippen LogP contribution >= 0.6 is 0 Å². The predicted octanol–water partition coefficient (Wildman–Crippen LogP) is 2.63. The Balaban J connectivity index is 3.07. The first-order valence-corrected chi connectivity index (χ1v) is 9.07. The molecule has 0 saturated carbocycles. The van der Waals surface area contributed by atoms with Crippen molar-refractivity contribution < 1.29 is 13.2 Å². The van der Waals surface area contributed by atoms with Gasteiger partial charge in [-0.1, -0.05) is 19.9 Å². The Bertz CT molecular complexity index is 608. The highest BCUT2D eigenvalue weighted by atomic mass is 32.2. The van der Waals surface area contributed by atoms with E-state index in [0.29, 0.717) is 5.56 Å². The van der Waals surface area contributed by atoms with Gasteiger partial charge in [-0.2, -0.15) is 4.31 Å². The third-order valence-electron chi connectivity index (χ3n) is 3.82. The average molecular weight is 326 g/mol. The van der Waals surface area contributed by atoms with E-state index >= 15 is 0 Å². The molecule has 0 atom stereocenters. The third-order valence-corrected chi connectivity index (χ3v) is 5.85. The number of hydrogen-bond donors (Lipinski definition) is 1. The van der Waals surface area contributed by atoms with Crippen molar-refractivity contribution in [1.29, 1.82) is 0 Å². The van der Waals surface area contributed by atoms with Crippen molar-refractivity contribution in [3.8, 4) is 0 Å². The van der Waals surface area contributed by atoms with Crippen LogP contribution in [0.3, 0.4) is 0 Å². The van der Waals surface area contributed by atoms with E-state index < -0.39 is 10.0 Å². The van der Waals surface area contributed by atoms with Crippen LogP contribution in [0.2, 0.25) is 0 Å². The van der Waals surface area contributed by atoms with Crippen molar-refractivity contribution >= 4 is 15.9 Å². The van der Waals surface area contributed by atoms with Gasteiger partial charge < -0.3 is 5.32 Å². The summed E-state index contributed by atoms with van der Waals surface area (Å²) in [6.45, 7) is 7.63. The smallest absolute Gasteiger partial charge is 0.251 e. The number of benzene rings is 1. The largest absolute Gasteiger partial charge is 0.349 e. The molecule has 0 unspecified atom stereocenters. The first-order chi connectivity index (χ1) is 10.2. The molecule has 0 aliphatic heterocycles. The van der Waals surface area contributed by atoms with Crippen molar-refractivity contribution in [3.63, 3.8) is 0 Å². The number of carbonyl (C=O) groups excluding carboxylic acids is 1. The summed E-state index contributed by atoms with van der Waals surface area (Å²) in [5.41, 5.74) is 0.366. The van der Waals surface area contributed by atoms with E-state index in [9.17, 15) is 13.2 Å². The van der Waals surface area contributed by atoms with Crippen LogP contribution in [0.4, 0.5) is 0 Å². The van der Waals surface area contributed by atoms with E-state index in [0.717, 1.165) is 12.8 Å². The molecule has 0 radical (unpaired) electrons. The van der Waals surface area contributed by atoms with Crippen molar-refractivity contribution in [2.75, 3.05) is 7.05 Å². The van der Waals surface area contributed by atoms with Gasteiger partial charge in [-0.3, -0.25) is 4.79 Å². The van der Waals surface area contributed by atoms with Crippen LogP contribution in [0.1, 0.15) is 50.9 Å². The average Bonchev–Trinajstić information content (AvgIpc) is 2.51. The lowest BCUT2D eigenvalue weighted by molar-refractivity contribution is 0.0934. The van der Waals surface area contributed by atoms with Crippen molar-refractivity contribution in [2.24, 2.45) is 0 Å². The van der Waals surface area contributed by atoms with Gasteiger partial charge in [0.2, 0.25) is 10.0 Å². The Morgan fingerprint density at radius 2 is 1.82 bits per heavy atom. The Labute approximate surface area is 133 Å². The molecule has 5 nitrogen and oxygen atoms in total. The number of nitrogens with one attached hydrogen (secondary N) is 1. The molecular formula is C16H26N2O3S. The highest BCUT2D eigenvalue weighted by Crippen LogP contribution is 2.18. The maximum absolute atomic E-state index is 12.5. The summed E-state index contributed by atoms with van der Waals surface area (Å²) >= 11 is 0. The van der Waals surface area contributed by atoms with Crippen molar-refractivity contribution in [2.45, 2.75) is 57.5 Å². The molecule has 0 aromatic heterocycles. The van der Waals surface area contributed by atoms with E-state index in [1.54, 1.807) is 26.0 Å². The number of hydrogen-bond acceptors (Lipinski definition) is 3. The fourth-order valence-corrected chi connectivity index (χ4v) is 3.42. The van der Waals surface area contributed by atoms with E-state index in [2.05, 4.69) is 5.32 Å². The van der Waals surface area contributed by atoms with Crippen molar-refractivity contribution in [1.82, 2.24) is 9.62 Å². The minimum atomic E-state index is -3.58. The second-order valence-corrected chi connectivity index (χ2v) is 7.63. The second-order valence-electron chi connectivity index (χ2n) is 5.63. The van der Waals surface area contributed by atoms with Gasteiger partial charge in [0.05, 0.1) is 4.90 Å². The number of sulfonamides is 1. The Morgan fingerprint density at radius 3 is 2.32 bits per heavy atom. The number of amides is 1. The molecule has 0 spiro atoms. The zero-order valence-electron chi connectivity index (χ0n) is 14.0. The molecule has 22 heavy (non-hydrogen) atoms. The summed E-state index contributed by atoms with van der Waals surface area (Å²) in [4.78, 5) is 12.4. The first-order valence-electron chi connectivity index (χ1n) is 7.63. The zero-order chi connectivity index (χ0) is 16.9. The van der Waals surface area contributed by atoms with Crippen molar-refractivity contribution in [3.05, 3.63) is 29.8 Å². The van der Waals surface area contributed by atoms with Crippen LogP contribution in [0.25, 0.3) is 0 Å². The summed E-state index contributed by atoms with van der Waals surface area (Å²) in [5, 5.41) is 2.92. The van der Waals surface area contributed by atoms with Crippen LogP contribution in [-0.4, -0.2) is 37.8 Å². The van der Waals surface area contributed by atoms with Gasteiger partial charge in [0, 0.05) is 24.7 Å². The maximum atomic E-state index is 12.5. The monoisotopic (exact) mass is 326 g/mol. The molecule has 0 bridgehead atoms. The molecule has 0 heterocycles.